The number of carbonyl (C=O) groups excluding carboxylic acids is 2. The molecule has 0 unspecified atom stereocenters. The van der Waals surface area contributed by atoms with Gasteiger partial charge in [-0.3, -0.25) is 19.4 Å². The number of hydrogen-bond acceptors (Lipinski definition) is 7. The number of piperazine rings is 1. The smallest absolute Gasteiger partial charge is 0.229 e. The second-order valence-corrected chi connectivity index (χ2v) is 9.18. The van der Waals surface area contributed by atoms with E-state index in [0.29, 0.717) is 52.0 Å². The third kappa shape index (κ3) is 4.56. The zero-order chi connectivity index (χ0) is 19.6. The molecule has 0 spiro atoms. The minimum atomic E-state index is -3.50. The van der Waals surface area contributed by atoms with E-state index in [1.807, 2.05) is 13.8 Å². The Balaban J connectivity index is 1.52. The van der Waals surface area contributed by atoms with Crippen LogP contribution >= 0.6 is 0 Å². The van der Waals surface area contributed by atoms with Gasteiger partial charge in [-0.15, -0.1) is 0 Å². The van der Waals surface area contributed by atoms with Gasteiger partial charge in [0, 0.05) is 57.7 Å². The number of carbonyl (C=O) groups is 2. The third-order valence-corrected chi connectivity index (χ3v) is 7.09. The van der Waals surface area contributed by atoms with Gasteiger partial charge in [0.1, 0.15) is 5.76 Å². The van der Waals surface area contributed by atoms with Gasteiger partial charge in [-0.1, -0.05) is 5.16 Å². The van der Waals surface area contributed by atoms with Crippen molar-refractivity contribution < 1.29 is 22.5 Å². The lowest BCUT2D eigenvalue weighted by Gasteiger charge is -2.34. The van der Waals surface area contributed by atoms with Crippen LogP contribution in [0.3, 0.4) is 0 Å². The summed E-state index contributed by atoms with van der Waals surface area (Å²) in [5, 5.41) is 3.95. The van der Waals surface area contributed by atoms with E-state index in [1.54, 1.807) is 0 Å². The van der Waals surface area contributed by atoms with Gasteiger partial charge < -0.3 is 4.52 Å². The van der Waals surface area contributed by atoms with Crippen LogP contribution in [0.1, 0.15) is 36.3 Å². The highest BCUT2D eigenvalue weighted by atomic mass is 32.2. The van der Waals surface area contributed by atoms with E-state index >= 15 is 0 Å². The number of piperidine rings is 1. The molecule has 2 aliphatic heterocycles. The molecule has 0 N–H and O–H groups in total. The predicted molar refractivity (Wildman–Crippen MR) is 97.2 cm³/mol. The molecule has 2 amide bonds. The molecular weight excluding hydrogens is 372 g/mol. The highest BCUT2D eigenvalue weighted by Crippen LogP contribution is 2.18. The third-order valence-electron chi connectivity index (χ3n) is 5.24. The minimum absolute atomic E-state index is 0.0563. The summed E-state index contributed by atoms with van der Waals surface area (Å²) in [7, 11) is -3.50. The summed E-state index contributed by atoms with van der Waals surface area (Å²) < 4.78 is 31.8. The van der Waals surface area contributed by atoms with Crippen molar-refractivity contribution in [2.45, 2.75) is 39.7 Å². The van der Waals surface area contributed by atoms with Crippen LogP contribution in [0.5, 0.6) is 0 Å². The quantitative estimate of drug-likeness (QED) is 0.634. The Labute approximate surface area is 159 Å². The fourth-order valence-electron chi connectivity index (χ4n) is 3.50. The molecule has 0 bridgehead atoms. The zero-order valence-corrected chi connectivity index (χ0v) is 16.6. The molecule has 0 aromatic carbocycles. The lowest BCUT2D eigenvalue weighted by atomic mass is 10.1. The molecule has 0 atom stereocenters. The molecule has 0 aliphatic carbocycles. The molecule has 27 heavy (non-hydrogen) atoms. The highest BCUT2D eigenvalue weighted by Gasteiger charge is 2.31. The summed E-state index contributed by atoms with van der Waals surface area (Å²) in [5.41, 5.74) is 1.91. The Morgan fingerprint density at radius 2 is 1.67 bits per heavy atom. The van der Waals surface area contributed by atoms with Crippen LogP contribution in [0, 0.1) is 13.8 Å². The van der Waals surface area contributed by atoms with Crippen LogP contribution in [0.25, 0.3) is 0 Å². The molecule has 1 aromatic rings. The fourth-order valence-corrected chi connectivity index (χ4v) is 4.89. The van der Waals surface area contributed by atoms with Crippen molar-refractivity contribution in [1.82, 2.24) is 19.3 Å². The summed E-state index contributed by atoms with van der Waals surface area (Å²) in [6.07, 6.45) is 1.17. The first-order valence-electron chi connectivity index (χ1n) is 9.23. The summed E-state index contributed by atoms with van der Waals surface area (Å²) in [6.45, 7) is 6.43. The van der Waals surface area contributed by atoms with Gasteiger partial charge in [0.2, 0.25) is 21.8 Å². The van der Waals surface area contributed by atoms with E-state index in [9.17, 15) is 18.0 Å². The molecule has 150 valence electrons. The number of rotatable bonds is 6. The molecular formula is C17H26N4O5S. The zero-order valence-electron chi connectivity index (χ0n) is 15.8. The van der Waals surface area contributed by atoms with Gasteiger partial charge in [-0.25, -0.2) is 8.42 Å². The topological polar surface area (TPSA) is 104 Å². The largest absolute Gasteiger partial charge is 0.361 e. The Hall–Kier alpha value is -1.78. The Kier molecular flexibility index (Phi) is 5.97. The Morgan fingerprint density at radius 1 is 1.04 bits per heavy atom. The number of amides is 2. The number of likely N-dealkylation sites (tertiary alicyclic amines) is 1. The monoisotopic (exact) mass is 398 g/mol. The normalized spacial score (nSPS) is 20.4. The van der Waals surface area contributed by atoms with Gasteiger partial charge in [0.25, 0.3) is 0 Å². The maximum absolute atomic E-state index is 12.6. The lowest BCUT2D eigenvalue weighted by molar-refractivity contribution is -0.147. The molecule has 10 heteroatoms. The number of nitrogens with zero attached hydrogens (tertiary/aromatic N) is 4. The number of aryl methyl sites for hydroxylation is 2. The van der Waals surface area contributed by atoms with Crippen LogP contribution in [0.2, 0.25) is 0 Å². The first kappa shape index (κ1) is 20.0. The molecule has 0 saturated carbocycles. The van der Waals surface area contributed by atoms with Gasteiger partial charge in [0.15, 0.2) is 0 Å². The van der Waals surface area contributed by atoms with Crippen LogP contribution in [0.15, 0.2) is 4.52 Å². The molecule has 1 aromatic heterocycles. The average Bonchev–Trinajstić information content (AvgIpc) is 2.94. The van der Waals surface area contributed by atoms with Crippen molar-refractivity contribution >= 4 is 21.8 Å². The van der Waals surface area contributed by atoms with Gasteiger partial charge in [-0.2, -0.15) is 4.31 Å². The summed E-state index contributed by atoms with van der Waals surface area (Å²) in [6, 6.07) is 0. The maximum atomic E-state index is 12.6. The number of sulfonamides is 1. The number of aromatic nitrogens is 1. The summed E-state index contributed by atoms with van der Waals surface area (Å²) in [4.78, 5) is 26.9. The van der Waals surface area contributed by atoms with Gasteiger partial charge in [0.05, 0.1) is 11.4 Å². The molecule has 3 rings (SSSR count). The Bertz CT molecular complexity index is 776. The molecule has 2 saturated heterocycles. The van der Waals surface area contributed by atoms with E-state index in [1.165, 1.54) is 4.31 Å². The van der Waals surface area contributed by atoms with Crippen molar-refractivity contribution in [1.29, 1.82) is 0 Å². The predicted octanol–water partition coefficient (Wildman–Crippen LogP) is 0.278. The Morgan fingerprint density at radius 3 is 2.22 bits per heavy atom. The standard InChI is InChI=1S/C17H26N4O5S/c1-13-15(14(2)26-18-13)12-19-6-8-20(9-7-19)27(24,25)11-10-21-16(22)4-3-5-17(21)23/h3-12H2,1-2H3. The first-order valence-corrected chi connectivity index (χ1v) is 10.8. The molecule has 2 aliphatic rings. The SMILES string of the molecule is Cc1noc(C)c1CN1CCN(S(=O)(=O)CCN2C(=O)CCCC2=O)CC1. The van der Waals surface area contributed by atoms with Gasteiger partial charge in [-0.05, 0) is 20.3 Å². The van der Waals surface area contributed by atoms with E-state index < -0.39 is 10.0 Å². The number of hydrogen-bond donors (Lipinski definition) is 0. The minimum Gasteiger partial charge on any atom is -0.361 e. The first-order chi connectivity index (χ1) is 12.8. The fraction of sp³-hybridized carbons (Fsp3) is 0.706. The van der Waals surface area contributed by atoms with Crippen LogP contribution < -0.4 is 0 Å². The van der Waals surface area contributed by atoms with Gasteiger partial charge >= 0.3 is 0 Å². The average molecular weight is 398 g/mol. The van der Waals surface area contributed by atoms with E-state index in [-0.39, 0.29) is 24.1 Å². The number of imide groups is 1. The van der Waals surface area contributed by atoms with Crippen molar-refractivity contribution in [3.05, 3.63) is 17.0 Å². The molecule has 0 radical (unpaired) electrons. The van der Waals surface area contributed by atoms with Crippen LogP contribution in [-0.2, 0) is 26.2 Å². The van der Waals surface area contributed by atoms with E-state index in [2.05, 4.69) is 10.1 Å². The molecule has 2 fully saturated rings. The van der Waals surface area contributed by atoms with E-state index in [4.69, 9.17) is 4.52 Å². The lowest BCUT2D eigenvalue weighted by Crippen LogP contribution is -2.50. The summed E-state index contributed by atoms with van der Waals surface area (Å²) in [5.74, 6) is 0.0313. The molecule has 3 heterocycles. The second-order valence-electron chi connectivity index (χ2n) is 7.09. The van der Waals surface area contributed by atoms with Crippen molar-refractivity contribution in [3.63, 3.8) is 0 Å². The van der Waals surface area contributed by atoms with E-state index in [0.717, 1.165) is 21.9 Å². The van der Waals surface area contributed by atoms with Crippen LogP contribution in [0.4, 0.5) is 0 Å². The van der Waals surface area contributed by atoms with Crippen molar-refractivity contribution in [2.75, 3.05) is 38.5 Å². The van der Waals surface area contributed by atoms with Crippen molar-refractivity contribution in [2.24, 2.45) is 0 Å². The molecule has 9 nitrogen and oxygen atoms in total. The maximum Gasteiger partial charge on any atom is 0.229 e. The second kappa shape index (κ2) is 8.07. The van der Waals surface area contributed by atoms with Crippen molar-refractivity contribution in [3.8, 4) is 0 Å². The summed E-state index contributed by atoms with van der Waals surface area (Å²) >= 11 is 0. The van der Waals surface area contributed by atoms with Crippen LogP contribution in [-0.4, -0.2) is 78.0 Å². The highest BCUT2D eigenvalue weighted by molar-refractivity contribution is 7.89.